The fraction of sp³-hybridized carbons (Fsp3) is 0. The van der Waals surface area contributed by atoms with Crippen molar-refractivity contribution in [2.45, 2.75) is 0 Å². The predicted molar refractivity (Wildman–Crippen MR) is 77.6 cm³/mol. The number of aromatic nitrogens is 3. The Morgan fingerprint density at radius 2 is 1.90 bits per heavy atom. The van der Waals surface area contributed by atoms with Gasteiger partial charge in [0.25, 0.3) is 0 Å². The number of pyridine rings is 1. The van der Waals surface area contributed by atoms with Crippen molar-refractivity contribution in [2.24, 2.45) is 0 Å². The zero-order chi connectivity index (χ0) is 13.5. The molecule has 96 valence electrons. The Morgan fingerprint density at radius 1 is 1.00 bits per heavy atom. The molecule has 20 heavy (non-hydrogen) atoms. The Labute approximate surface area is 119 Å². The summed E-state index contributed by atoms with van der Waals surface area (Å²) in [6, 6.07) is 11.6. The van der Waals surface area contributed by atoms with E-state index in [2.05, 4.69) is 15.0 Å². The molecule has 0 N–H and O–H groups in total. The topological polar surface area (TPSA) is 51.8 Å². The van der Waals surface area contributed by atoms with E-state index in [1.807, 2.05) is 36.4 Å². The summed E-state index contributed by atoms with van der Waals surface area (Å²) < 4.78 is 5.74. The first-order valence-electron chi connectivity index (χ1n) is 6.08. The van der Waals surface area contributed by atoms with Gasteiger partial charge >= 0.3 is 0 Å². The molecule has 5 heteroatoms. The molecular formula is C15H8ClN3O. The minimum Gasteiger partial charge on any atom is -0.438 e. The maximum absolute atomic E-state index is 6.00. The van der Waals surface area contributed by atoms with Crippen molar-refractivity contribution < 1.29 is 4.42 Å². The second-order valence-corrected chi connectivity index (χ2v) is 4.70. The molecule has 0 fully saturated rings. The van der Waals surface area contributed by atoms with Gasteiger partial charge in [0.1, 0.15) is 5.58 Å². The van der Waals surface area contributed by atoms with Gasteiger partial charge in [0, 0.05) is 23.3 Å². The predicted octanol–water partition coefficient (Wildman–Crippen LogP) is 4.09. The molecule has 0 unspecified atom stereocenters. The van der Waals surface area contributed by atoms with Crippen molar-refractivity contribution >= 4 is 33.7 Å². The Balaban J connectivity index is 2.19. The molecule has 0 saturated carbocycles. The van der Waals surface area contributed by atoms with Crippen LogP contribution < -0.4 is 0 Å². The standard InChI is InChI=1S/C15H8ClN3O/c16-15-18-13(9-4-3-7-17-8-9)12-10-5-1-2-6-11(10)20-14(12)19-15/h1-8H. The van der Waals surface area contributed by atoms with Crippen molar-refractivity contribution in [3.05, 3.63) is 54.1 Å². The fourth-order valence-electron chi connectivity index (χ4n) is 2.31. The minimum atomic E-state index is 0.162. The van der Waals surface area contributed by atoms with Crippen LogP contribution in [0, 0.1) is 0 Å². The molecule has 4 nitrogen and oxygen atoms in total. The molecule has 0 aliphatic heterocycles. The van der Waals surface area contributed by atoms with Crippen LogP contribution in [0.4, 0.5) is 0 Å². The summed E-state index contributed by atoms with van der Waals surface area (Å²) in [6.07, 6.45) is 3.47. The normalized spacial score (nSPS) is 11.2. The van der Waals surface area contributed by atoms with Gasteiger partial charge in [-0.2, -0.15) is 4.98 Å². The fourth-order valence-corrected chi connectivity index (χ4v) is 2.47. The van der Waals surface area contributed by atoms with Gasteiger partial charge in [-0.1, -0.05) is 18.2 Å². The number of rotatable bonds is 1. The van der Waals surface area contributed by atoms with E-state index >= 15 is 0 Å². The smallest absolute Gasteiger partial charge is 0.232 e. The van der Waals surface area contributed by atoms with E-state index in [-0.39, 0.29) is 5.28 Å². The van der Waals surface area contributed by atoms with Crippen LogP contribution in [-0.2, 0) is 0 Å². The first-order valence-corrected chi connectivity index (χ1v) is 6.46. The van der Waals surface area contributed by atoms with Crippen LogP contribution in [0.3, 0.4) is 0 Å². The van der Waals surface area contributed by atoms with Crippen LogP contribution in [-0.4, -0.2) is 15.0 Å². The van der Waals surface area contributed by atoms with Gasteiger partial charge in [0.15, 0.2) is 0 Å². The van der Waals surface area contributed by atoms with Crippen molar-refractivity contribution in [3.63, 3.8) is 0 Å². The van der Waals surface area contributed by atoms with Crippen molar-refractivity contribution in [1.29, 1.82) is 0 Å². The molecule has 0 bridgehead atoms. The number of hydrogen-bond donors (Lipinski definition) is 0. The third-order valence-corrected chi connectivity index (χ3v) is 3.32. The number of nitrogens with zero attached hydrogens (tertiary/aromatic N) is 3. The van der Waals surface area contributed by atoms with Gasteiger partial charge < -0.3 is 4.42 Å². The lowest BCUT2D eigenvalue weighted by Crippen LogP contribution is -1.89. The highest BCUT2D eigenvalue weighted by Crippen LogP contribution is 2.34. The lowest BCUT2D eigenvalue weighted by atomic mass is 10.1. The maximum atomic E-state index is 6.00. The van der Waals surface area contributed by atoms with Gasteiger partial charge in [-0.25, -0.2) is 4.98 Å². The van der Waals surface area contributed by atoms with Gasteiger partial charge in [-0.3, -0.25) is 4.98 Å². The van der Waals surface area contributed by atoms with Gasteiger partial charge in [-0.05, 0) is 29.8 Å². The summed E-state index contributed by atoms with van der Waals surface area (Å²) in [6.45, 7) is 0. The number of furan rings is 1. The van der Waals surface area contributed by atoms with Gasteiger partial charge in [0.05, 0.1) is 11.1 Å². The molecule has 0 radical (unpaired) electrons. The van der Waals surface area contributed by atoms with E-state index < -0.39 is 0 Å². The number of halogens is 1. The Hall–Kier alpha value is -2.46. The Bertz CT molecular complexity index is 918. The van der Waals surface area contributed by atoms with E-state index in [9.17, 15) is 0 Å². The van der Waals surface area contributed by atoms with Crippen LogP contribution in [0.2, 0.25) is 5.28 Å². The molecule has 0 atom stereocenters. The summed E-state index contributed by atoms with van der Waals surface area (Å²) in [5, 5.41) is 1.99. The van der Waals surface area contributed by atoms with Crippen molar-refractivity contribution in [1.82, 2.24) is 15.0 Å². The highest BCUT2D eigenvalue weighted by atomic mass is 35.5. The molecule has 4 rings (SSSR count). The maximum Gasteiger partial charge on any atom is 0.232 e. The quantitative estimate of drug-likeness (QED) is 0.493. The summed E-state index contributed by atoms with van der Waals surface area (Å²) in [5.74, 6) is 0. The summed E-state index contributed by atoms with van der Waals surface area (Å²) in [7, 11) is 0. The van der Waals surface area contributed by atoms with E-state index in [4.69, 9.17) is 16.0 Å². The lowest BCUT2D eigenvalue weighted by Gasteiger charge is -2.02. The molecule has 3 heterocycles. The van der Waals surface area contributed by atoms with Crippen molar-refractivity contribution in [2.75, 3.05) is 0 Å². The van der Waals surface area contributed by atoms with Crippen LogP contribution in [0.15, 0.2) is 53.2 Å². The van der Waals surface area contributed by atoms with E-state index in [0.29, 0.717) is 5.71 Å². The third-order valence-electron chi connectivity index (χ3n) is 3.15. The molecule has 4 aromatic rings. The molecule has 3 aromatic heterocycles. The SMILES string of the molecule is Clc1nc(-c2cccnc2)c2c(n1)oc1ccccc12. The molecule has 1 aromatic carbocycles. The van der Waals surface area contributed by atoms with Gasteiger partial charge in [-0.15, -0.1) is 0 Å². The molecular weight excluding hydrogens is 274 g/mol. The Morgan fingerprint density at radius 3 is 2.75 bits per heavy atom. The molecule has 0 amide bonds. The molecule has 0 aliphatic rings. The Kier molecular flexibility index (Phi) is 2.44. The van der Waals surface area contributed by atoms with Crippen LogP contribution >= 0.6 is 11.6 Å². The number of para-hydroxylation sites is 1. The average molecular weight is 282 g/mol. The molecule has 0 aliphatic carbocycles. The summed E-state index contributed by atoms with van der Waals surface area (Å²) >= 11 is 6.00. The molecule has 0 saturated heterocycles. The molecule has 0 spiro atoms. The second kappa shape index (κ2) is 4.28. The zero-order valence-electron chi connectivity index (χ0n) is 10.2. The first kappa shape index (κ1) is 11.4. The largest absolute Gasteiger partial charge is 0.438 e. The monoisotopic (exact) mass is 281 g/mol. The van der Waals surface area contributed by atoms with Crippen molar-refractivity contribution in [3.8, 4) is 11.3 Å². The zero-order valence-corrected chi connectivity index (χ0v) is 11.0. The number of fused-ring (bicyclic) bond motifs is 3. The van der Waals surface area contributed by atoms with Gasteiger partial charge in [0.2, 0.25) is 11.0 Å². The summed E-state index contributed by atoms with van der Waals surface area (Å²) in [4.78, 5) is 12.6. The number of hydrogen-bond acceptors (Lipinski definition) is 4. The average Bonchev–Trinajstić information content (AvgIpc) is 2.85. The minimum absolute atomic E-state index is 0.162. The van der Waals surface area contributed by atoms with E-state index in [1.54, 1.807) is 12.4 Å². The highest BCUT2D eigenvalue weighted by molar-refractivity contribution is 6.29. The van der Waals surface area contributed by atoms with Crippen LogP contribution in [0.1, 0.15) is 0 Å². The third kappa shape index (κ3) is 1.66. The van der Waals surface area contributed by atoms with Crippen LogP contribution in [0.25, 0.3) is 33.3 Å². The van der Waals surface area contributed by atoms with Crippen LogP contribution in [0.5, 0.6) is 0 Å². The summed E-state index contributed by atoms with van der Waals surface area (Å²) in [5.41, 5.74) is 2.88. The highest BCUT2D eigenvalue weighted by Gasteiger charge is 2.16. The second-order valence-electron chi connectivity index (χ2n) is 4.36. The van der Waals surface area contributed by atoms with E-state index in [0.717, 1.165) is 27.6 Å². The van der Waals surface area contributed by atoms with E-state index in [1.165, 1.54) is 0 Å². The lowest BCUT2D eigenvalue weighted by molar-refractivity contribution is 0.653. The number of benzene rings is 1. The first-order chi connectivity index (χ1) is 9.83.